The molecule has 0 amide bonds. The second-order valence-corrected chi connectivity index (χ2v) is 6.54. The van der Waals surface area contributed by atoms with Crippen molar-refractivity contribution in [2.75, 3.05) is 19.0 Å². The molecule has 0 spiro atoms. The van der Waals surface area contributed by atoms with Gasteiger partial charge in [-0.1, -0.05) is 0 Å². The molecule has 1 aliphatic heterocycles. The number of hydrogen-bond donors (Lipinski definition) is 1. The van der Waals surface area contributed by atoms with Gasteiger partial charge in [0, 0.05) is 25.2 Å². The summed E-state index contributed by atoms with van der Waals surface area (Å²) in [5.74, 6) is 0.468. The second-order valence-electron chi connectivity index (χ2n) is 6.54. The topological polar surface area (TPSA) is 105 Å². The van der Waals surface area contributed by atoms with Crippen LogP contribution in [0, 0.1) is 12.7 Å². The van der Waals surface area contributed by atoms with Crippen molar-refractivity contribution in [2.45, 2.75) is 19.9 Å². The van der Waals surface area contributed by atoms with Crippen LogP contribution < -0.4 is 14.8 Å². The zero-order valence-corrected chi connectivity index (χ0v) is 15.8. The zero-order valence-electron chi connectivity index (χ0n) is 15.8. The van der Waals surface area contributed by atoms with Gasteiger partial charge >= 0.3 is 0 Å². The summed E-state index contributed by atoms with van der Waals surface area (Å²) in [5.41, 5.74) is 2.53. The van der Waals surface area contributed by atoms with E-state index in [1.165, 1.54) is 17.9 Å². The monoisotopic (exact) mass is 396 g/mol. The van der Waals surface area contributed by atoms with Crippen molar-refractivity contribution in [1.82, 2.24) is 34.5 Å². The molecule has 5 rings (SSSR count). The van der Waals surface area contributed by atoms with E-state index in [0.29, 0.717) is 42.8 Å². The van der Waals surface area contributed by atoms with Crippen LogP contribution in [0.5, 0.6) is 11.8 Å². The van der Waals surface area contributed by atoms with Crippen molar-refractivity contribution in [3.8, 4) is 17.4 Å². The number of nitrogens with zero attached hydrogens (tertiary/aromatic N) is 7. The Morgan fingerprint density at radius 2 is 2.14 bits per heavy atom. The van der Waals surface area contributed by atoms with Gasteiger partial charge in [0.25, 0.3) is 5.88 Å². The van der Waals surface area contributed by atoms with Crippen LogP contribution in [0.4, 0.5) is 16.0 Å². The summed E-state index contributed by atoms with van der Waals surface area (Å²) < 4.78 is 28.1. The van der Waals surface area contributed by atoms with Crippen LogP contribution in [0.2, 0.25) is 0 Å². The molecule has 1 N–H and O–H groups in total. The molecule has 0 aliphatic carbocycles. The Morgan fingerprint density at radius 3 is 3.00 bits per heavy atom. The fourth-order valence-electron chi connectivity index (χ4n) is 3.24. The molecule has 0 unspecified atom stereocenters. The number of aryl methyl sites for hydroxylation is 2. The molecule has 1 aliphatic rings. The summed E-state index contributed by atoms with van der Waals surface area (Å²) in [7, 11) is 1.46. The molecule has 2 bridgehead atoms. The molecule has 11 heteroatoms. The quantitative estimate of drug-likeness (QED) is 0.551. The van der Waals surface area contributed by atoms with E-state index >= 15 is 0 Å². The smallest absolute Gasteiger partial charge is 0.257 e. The molecule has 4 aromatic heterocycles. The molecular formula is C18H17FN8O2. The van der Waals surface area contributed by atoms with E-state index in [4.69, 9.17) is 9.47 Å². The lowest BCUT2D eigenvalue weighted by Crippen LogP contribution is -2.07. The molecule has 5 heterocycles. The number of nitrogens with one attached hydrogen (secondary N) is 1. The first-order valence-corrected chi connectivity index (χ1v) is 9.02. The summed E-state index contributed by atoms with van der Waals surface area (Å²) in [6.07, 6.45) is 5.20. The first-order chi connectivity index (χ1) is 14.1. The maximum absolute atomic E-state index is 13.7. The Balaban J connectivity index is 1.60. The van der Waals surface area contributed by atoms with Crippen LogP contribution >= 0.6 is 0 Å². The SMILES string of the molecule is COc1ncc(F)cc1-n1cc2c(n1)OCCCn1nc(C)c3cnc(nc31)N2. The number of anilines is 2. The Kier molecular flexibility index (Phi) is 4.00. The fraction of sp³-hybridized carbons (Fsp3) is 0.278. The number of halogens is 1. The third-order valence-electron chi connectivity index (χ3n) is 4.59. The molecule has 148 valence electrons. The lowest BCUT2D eigenvalue weighted by atomic mass is 10.3. The van der Waals surface area contributed by atoms with E-state index in [1.807, 2.05) is 11.6 Å². The van der Waals surface area contributed by atoms with E-state index in [0.717, 1.165) is 22.9 Å². The van der Waals surface area contributed by atoms with E-state index in [-0.39, 0.29) is 5.88 Å². The molecule has 0 radical (unpaired) electrons. The lowest BCUT2D eigenvalue weighted by molar-refractivity contribution is 0.288. The van der Waals surface area contributed by atoms with Crippen molar-refractivity contribution >= 4 is 22.7 Å². The number of fused-ring (bicyclic) bond motifs is 2. The van der Waals surface area contributed by atoms with Gasteiger partial charge in [0.1, 0.15) is 17.2 Å². The number of ether oxygens (including phenoxy) is 2. The maximum Gasteiger partial charge on any atom is 0.257 e. The average molecular weight is 396 g/mol. The van der Waals surface area contributed by atoms with Gasteiger partial charge in [-0.25, -0.2) is 23.7 Å². The minimum Gasteiger partial charge on any atom is -0.479 e. The van der Waals surface area contributed by atoms with E-state index in [1.54, 1.807) is 12.4 Å². The Hall–Kier alpha value is -3.76. The van der Waals surface area contributed by atoms with Gasteiger partial charge in [0.2, 0.25) is 11.8 Å². The lowest BCUT2D eigenvalue weighted by Gasteiger charge is -2.07. The molecule has 4 aromatic rings. The summed E-state index contributed by atoms with van der Waals surface area (Å²) >= 11 is 0. The van der Waals surface area contributed by atoms with E-state index in [9.17, 15) is 4.39 Å². The molecule has 0 saturated heterocycles. The van der Waals surface area contributed by atoms with Crippen LogP contribution in [-0.4, -0.2) is 48.2 Å². The van der Waals surface area contributed by atoms with Gasteiger partial charge in [-0.05, 0) is 6.92 Å². The van der Waals surface area contributed by atoms with Crippen LogP contribution in [0.25, 0.3) is 16.7 Å². The van der Waals surface area contributed by atoms with Crippen LogP contribution in [0.3, 0.4) is 0 Å². The van der Waals surface area contributed by atoms with Crippen molar-refractivity contribution < 1.29 is 13.9 Å². The third-order valence-corrected chi connectivity index (χ3v) is 4.59. The van der Waals surface area contributed by atoms with E-state index < -0.39 is 5.82 Å². The zero-order chi connectivity index (χ0) is 20.0. The summed E-state index contributed by atoms with van der Waals surface area (Å²) in [5, 5.41) is 13.0. The number of rotatable bonds is 2. The Bertz CT molecular complexity index is 1220. The van der Waals surface area contributed by atoms with E-state index in [2.05, 4.69) is 30.5 Å². The summed E-state index contributed by atoms with van der Waals surface area (Å²) in [6.45, 7) is 3.01. The molecule has 0 saturated carbocycles. The Morgan fingerprint density at radius 1 is 1.24 bits per heavy atom. The van der Waals surface area contributed by atoms with Crippen molar-refractivity contribution in [3.05, 3.63) is 36.2 Å². The molecule has 0 aromatic carbocycles. The van der Waals surface area contributed by atoms with Gasteiger partial charge in [0.05, 0.1) is 37.2 Å². The highest BCUT2D eigenvalue weighted by Crippen LogP contribution is 2.30. The maximum atomic E-state index is 13.7. The summed E-state index contributed by atoms with van der Waals surface area (Å²) in [4.78, 5) is 12.9. The second kappa shape index (κ2) is 6.69. The third kappa shape index (κ3) is 3.00. The molecule has 29 heavy (non-hydrogen) atoms. The predicted molar refractivity (Wildman–Crippen MR) is 101 cm³/mol. The highest BCUT2D eigenvalue weighted by molar-refractivity contribution is 5.78. The minimum atomic E-state index is -0.500. The first-order valence-electron chi connectivity index (χ1n) is 9.02. The molecular weight excluding hydrogens is 379 g/mol. The first kappa shape index (κ1) is 17.3. The molecule has 0 fully saturated rings. The van der Waals surface area contributed by atoms with Gasteiger partial charge in [-0.2, -0.15) is 10.1 Å². The van der Waals surface area contributed by atoms with Crippen molar-refractivity contribution in [2.24, 2.45) is 0 Å². The van der Waals surface area contributed by atoms with Gasteiger partial charge in [-0.3, -0.25) is 0 Å². The predicted octanol–water partition coefficient (Wildman–Crippen LogP) is 2.39. The van der Waals surface area contributed by atoms with Crippen LogP contribution in [-0.2, 0) is 6.54 Å². The van der Waals surface area contributed by atoms with Crippen LogP contribution in [0.1, 0.15) is 12.1 Å². The van der Waals surface area contributed by atoms with Gasteiger partial charge in [-0.15, -0.1) is 5.10 Å². The van der Waals surface area contributed by atoms with Crippen molar-refractivity contribution in [1.29, 1.82) is 0 Å². The number of aromatic nitrogens is 7. The standard InChI is InChI=1S/C18H17FN8O2/c1-10-12-8-21-18-22-13-9-27(14-6-11(19)7-20-17(14)28-2)25-16(13)29-5-3-4-26(24-10)15(12)23-18/h6-9H,3-5H2,1-2H3,(H,21,22,23). The fourth-order valence-corrected chi connectivity index (χ4v) is 3.24. The van der Waals surface area contributed by atoms with Crippen molar-refractivity contribution in [3.63, 3.8) is 0 Å². The largest absolute Gasteiger partial charge is 0.479 e. The molecule has 10 nitrogen and oxygen atoms in total. The number of hydrogen-bond acceptors (Lipinski definition) is 8. The number of pyridine rings is 1. The highest BCUT2D eigenvalue weighted by atomic mass is 19.1. The average Bonchev–Trinajstić information content (AvgIpc) is 3.25. The van der Waals surface area contributed by atoms with Crippen LogP contribution in [0.15, 0.2) is 24.7 Å². The van der Waals surface area contributed by atoms with Gasteiger partial charge < -0.3 is 14.8 Å². The minimum absolute atomic E-state index is 0.241. The van der Waals surface area contributed by atoms with Gasteiger partial charge in [0.15, 0.2) is 5.65 Å². The highest BCUT2D eigenvalue weighted by Gasteiger charge is 2.19. The normalized spacial score (nSPS) is 13.5. The molecule has 0 atom stereocenters. The Labute approximate surface area is 164 Å². The number of methoxy groups -OCH3 is 1. The summed E-state index contributed by atoms with van der Waals surface area (Å²) in [6, 6.07) is 1.29.